The maximum Gasteiger partial charge on any atom is 0.315 e. The van der Waals surface area contributed by atoms with Gasteiger partial charge in [-0.2, -0.15) is 0 Å². The summed E-state index contributed by atoms with van der Waals surface area (Å²) in [5.74, 6) is 0. The summed E-state index contributed by atoms with van der Waals surface area (Å²) in [6.45, 7) is 2.45. The highest BCUT2D eigenvalue weighted by molar-refractivity contribution is 7.13. The highest BCUT2D eigenvalue weighted by atomic mass is 32.1. The number of hydrogen-bond acceptors (Lipinski definition) is 5. The minimum absolute atomic E-state index is 0.163. The van der Waals surface area contributed by atoms with Gasteiger partial charge in [-0.25, -0.2) is 9.78 Å². The van der Waals surface area contributed by atoms with E-state index in [0.29, 0.717) is 6.54 Å². The topological polar surface area (TPSA) is 77.5 Å². The first-order chi connectivity index (χ1) is 11.0. The molecule has 124 valence electrons. The Kier molecular flexibility index (Phi) is 5.95. The van der Waals surface area contributed by atoms with Gasteiger partial charge in [-0.3, -0.25) is 0 Å². The third-order valence-corrected chi connectivity index (χ3v) is 4.41. The molecule has 0 saturated carbocycles. The zero-order chi connectivity index (χ0) is 16.8. The molecule has 2 rings (SSSR count). The van der Waals surface area contributed by atoms with Crippen LogP contribution in [0, 0.1) is 6.92 Å². The number of nitrogens with zero attached hydrogens (tertiary/aromatic N) is 2. The molecule has 6 nitrogen and oxygen atoms in total. The van der Waals surface area contributed by atoms with Crippen LogP contribution in [0.5, 0.6) is 0 Å². The maximum absolute atomic E-state index is 11.8. The van der Waals surface area contributed by atoms with Gasteiger partial charge in [-0.1, -0.05) is 24.3 Å². The van der Waals surface area contributed by atoms with E-state index in [-0.39, 0.29) is 12.6 Å². The molecule has 7 heteroatoms. The van der Waals surface area contributed by atoms with E-state index in [1.54, 1.807) is 0 Å². The highest BCUT2D eigenvalue weighted by Crippen LogP contribution is 2.18. The van der Waals surface area contributed by atoms with Crippen molar-refractivity contribution >= 4 is 22.5 Å². The molecule has 0 spiro atoms. The first-order valence-electron chi connectivity index (χ1n) is 7.34. The van der Waals surface area contributed by atoms with Crippen molar-refractivity contribution < 1.29 is 9.90 Å². The van der Waals surface area contributed by atoms with Gasteiger partial charge in [-0.15, -0.1) is 11.3 Å². The Morgan fingerprint density at radius 3 is 2.74 bits per heavy atom. The molecule has 0 fully saturated rings. The molecule has 2 aromatic rings. The molecule has 1 unspecified atom stereocenters. The number of aliphatic hydroxyl groups excluding tert-OH is 1. The standard InChI is InChI=1S/C16H22N4O2S/c1-11-6-4-5-7-13(11)14(21)9-18-15(22)17-8-12-10-23-16(19-12)20(2)3/h4-7,10,14,21H,8-9H2,1-3H3,(H2,17,18,22). The second-order valence-corrected chi connectivity index (χ2v) is 6.29. The summed E-state index contributed by atoms with van der Waals surface area (Å²) in [5, 5.41) is 18.4. The van der Waals surface area contributed by atoms with Gasteiger partial charge in [0.1, 0.15) is 0 Å². The minimum atomic E-state index is -0.721. The number of thiazole rings is 1. The van der Waals surface area contributed by atoms with Gasteiger partial charge in [0.05, 0.1) is 18.3 Å². The largest absolute Gasteiger partial charge is 0.387 e. The summed E-state index contributed by atoms with van der Waals surface area (Å²) in [7, 11) is 3.85. The quantitative estimate of drug-likeness (QED) is 0.755. The van der Waals surface area contributed by atoms with Gasteiger partial charge >= 0.3 is 6.03 Å². The fraction of sp³-hybridized carbons (Fsp3) is 0.375. The number of carbonyl (C=O) groups is 1. The van der Waals surface area contributed by atoms with Crippen LogP contribution in [0.4, 0.5) is 9.93 Å². The molecule has 0 radical (unpaired) electrons. The second kappa shape index (κ2) is 7.94. The number of aryl methyl sites for hydroxylation is 1. The SMILES string of the molecule is Cc1ccccc1C(O)CNC(=O)NCc1csc(N(C)C)n1. The molecule has 2 amide bonds. The normalized spacial score (nSPS) is 11.8. The Morgan fingerprint density at radius 1 is 1.35 bits per heavy atom. The molecule has 0 saturated heterocycles. The molecule has 0 aliphatic heterocycles. The van der Waals surface area contributed by atoms with E-state index in [9.17, 15) is 9.90 Å². The van der Waals surface area contributed by atoms with Gasteiger partial charge in [-0.05, 0) is 18.1 Å². The van der Waals surface area contributed by atoms with Crippen LogP contribution in [0.1, 0.15) is 22.9 Å². The van der Waals surface area contributed by atoms with Crippen molar-refractivity contribution in [2.45, 2.75) is 19.6 Å². The van der Waals surface area contributed by atoms with Gasteiger partial charge in [0.15, 0.2) is 5.13 Å². The van der Waals surface area contributed by atoms with E-state index in [2.05, 4.69) is 15.6 Å². The average molecular weight is 334 g/mol. The molecule has 0 aliphatic rings. The molecular formula is C16H22N4O2S. The fourth-order valence-electron chi connectivity index (χ4n) is 2.08. The highest BCUT2D eigenvalue weighted by Gasteiger charge is 2.11. The Balaban J connectivity index is 1.77. The maximum atomic E-state index is 11.8. The predicted octanol–water partition coefficient (Wildman–Crippen LogP) is 2.05. The predicted molar refractivity (Wildman–Crippen MR) is 92.8 cm³/mol. The number of amides is 2. The van der Waals surface area contributed by atoms with E-state index in [0.717, 1.165) is 22.0 Å². The summed E-state index contributed by atoms with van der Waals surface area (Å²) >= 11 is 1.53. The Morgan fingerprint density at radius 2 is 2.09 bits per heavy atom. The van der Waals surface area contributed by atoms with E-state index >= 15 is 0 Å². The Bertz CT molecular complexity index is 657. The van der Waals surface area contributed by atoms with Crippen molar-refractivity contribution in [1.82, 2.24) is 15.6 Å². The van der Waals surface area contributed by atoms with Crippen LogP contribution in [0.2, 0.25) is 0 Å². The van der Waals surface area contributed by atoms with Crippen LogP contribution in [-0.4, -0.2) is 36.8 Å². The summed E-state index contributed by atoms with van der Waals surface area (Å²) in [6.07, 6.45) is -0.721. The number of aliphatic hydroxyl groups is 1. The van der Waals surface area contributed by atoms with Crippen molar-refractivity contribution in [2.75, 3.05) is 25.5 Å². The van der Waals surface area contributed by atoms with Gasteiger partial charge in [0.2, 0.25) is 0 Å². The van der Waals surface area contributed by atoms with Crippen LogP contribution in [0.15, 0.2) is 29.6 Å². The average Bonchev–Trinajstić information content (AvgIpc) is 3.00. The number of aromatic nitrogens is 1. The van der Waals surface area contributed by atoms with Crippen LogP contribution < -0.4 is 15.5 Å². The van der Waals surface area contributed by atoms with Crippen molar-refractivity contribution in [1.29, 1.82) is 0 Å². The van der Waals surface area contributed by atoms with E-state index in [4.69, 9.17) is 0 Å². The zero-order valence-electron chi connectivity index (χ0n) is 13.5. The van der Waals surface area contributed by atoms with Crippen molar-refractivity contribution in [3.63, 3.8) is 0 Å². The molecular weight excluding hydrogens is 312 g/mol. The molecule has 0 bridgehead atoms. The number of rotatable bonds is 6. The molecule has 1 heterocycles. The van der Waals surface area contributed by atoms with Crippen molar-refractivity contribution in [2.24, 2.45) is 0 Å². The monoisotopic (exact) mass is 334 g/mol. The van der Waals surface area contributed by atoms with Crippen LogP contribution in [0.25, 0.3) is 0 Å². The van der Waals surface area contributed by atoms with Crippen molar-refractivity contribution in [3.05, 3.63) is 46.5 Å². The molecule has 3 N–H and O–H groups in total. The molecule has 1 aromatic carbocycles. The lowest BCUT2D eigenvalue weighted by atomic mass is 10.0. The van der Waals surface area contributed by atoms with Crippen LogP contribution in [-0.2, 0) is 6.54 Å². The van der Waals surface area contributed by atoms with E-state index in [1.807, 2.05) is 55.6 Å². The smallest absolute Gasteiger partial charge is 0.315 e. The van der Waals surface area contributed by atoms with Crippen molar-refractivity contribution in [3.8, 4) is 0 Å². The second-order valence-electron chi connectivity index (χ2n) is 5.45. The number of hydrogen-bond donors (Lipinski definition) is 3. The third-order valence-electron chi connectivity index (χ3n) is 3.36. The van der Waals surface area contributed by atoms with E-state index < -0.39 is 6.10 Å². The number of benzene rings is 1. The molecule has 1 atom stereocenters. The molecule has 0 aliphatic carbocycles. The summed E-state index contributed by atoms with van der Waals surface area (Å²) in [5.41, 5.74) is 2.64. The Hall–Kier alpha value is -2.12. The number of urea groups is 1. The third kappa shape index (κ3) is 4.94. The molecule has 23 heavy (non-hydrogen) atoms. The minimum Gasteiger partial charge on any atom is -0.387 e. The van der Waals surface area contributed by atoms with Gasteiger partial charge in [0.25, 0.3) is 0 Å². The lowest BCUT2D eigenvalue weighted by Crippen LogP contribution is -2.37. The summed E-state index contributed by atoms with van der Waals surface area (Å²) < 4.78 is 0. The molecule has 1 aromatic heterocycles. The Labute approximate surface area is 140 Å². The lowest BCUT2D eigenvalue weighted by molar-refractivity contribution is 0.172. The first kappa shape index (κ1) is 17.2. The van der Waals surface area contributed by atoms with E-state index in [1.165, 1.54) is 11.3 Å². The summed E-state index contributed by atoms with van der Waals surface area (Å²) in [4.78, 5) is 18.1. The fourth-order valence-corrected chi connectivity index (χ4v) is 2.83. The summed E-state index contributed by atoms with van der Waals surface area (Å²) in [6, 6.07) is 7.26. The number of anilines is 1. The lowest BCUT2D eigenvalue weighted by Gasteiger charge is -2.14. The zero-order valence-corrected chi connectivity index (χ0v) is 14.4. The van der Waals surface area contributed by atoms with Gasteiger partial charge in [0, 0.05) is 26.0 Å². The first-order valence-corrected chi connectivity index (χ1v) is 8.22. The van der Waals surface area contributed by atoms with Gasteiger partial charge < -0.3 is 20.6 Å². The van der Waals surface area contributed by atoms with Crippen LogP contribution in [0.3, 0.4) is 0 Å². The van der Waals surface area contributed by atoms with Crippen LogP contribution >= 0.6 is 11.3 Å². The number of nitrogens with one attached hydrogen (secondary N) is 2. The number of carbonyl (C=O) groups excluding carboxylic acids is 1.